The number of carbonyl (C=O) groups excluding carboxylic acids is 2. The minimum atomic E-state index is -0.131. The highest BCUT2D eigenvalue weighted by atomic mass is 16.2. The van der Waals surface area contributed by atoms with Gasteiger partial charge in [0.25, 0.3) is 0 Å². The van der Waals surface area contributed by atoms with Crippen LogP contribution in [0.2, 0.25) is 0 Å². The molecule has 1 unspecified atom stereocenters. The third-order valence-electron chi connectivity index (χ3n) is 13.2. The van der Waals surface area contributed by atoms with Crippen LogP contribution < -0.4 is 38.1 Å². The Morgan fingerprint density at radius 1 is 0.554 bits per heavy atom. The molecule has 2 aliphatic carbocycles. The number of rotatable bonds is 10. The molecule has 18 heteroatoms. The lowest BCUT2D eigenvalue weighted by atomic mass is 10.0. The Hall–Kier alpha value is -9.65. The number of nitrogen functional groups attached to an aromatic ring is 2. The number of carbonyl (C=O) groups is 2. The van der Waals surface area contributed by atoms with Crippen LogP contribution in [-0.4, -0.2) is 69.8 Å². The first-order valence-corrected chi connectivity index (χ1v) is 28.5. The van der Waals surface area contributed by atoms with Crippen molar-refractivity contribution in [3.8, 4) is 46.2 Å². The summed E-state index contributed by atoms with van der Waals surface area (Å²) in [6, 6.07) is 30.3. The fourth-order valence-electron chi connectivity index (χ4n) is 8.52. The molecule has 0 spiro atoms. The van der Waals surface area contributed by atoms with Crippen LogP contribution in [-0.2, 0) is 9.59 Å². The average Bonchev–Trinajstić information content (AvgIpc) is 4.07. The van der Waals surface area contributed by atoms with Gasteiger partial charge in [0.15, 0.2) is 5.82 Å². The zero-order chi connectivity index (χ0) is 58.3. The highest BCUT2D eigenvalue weighted by Gasteiger charge is 2.11. The van der Waals surface area contributed by atoms with Crippen LogP contribution in [0.3, 0.4) is 0 Å². The number of benzene rings is 2. The van der Waals surface area contributed by atoms with Crippen LogP contribution in [0.5, 0.6) is 0 Å². The van der Waals surface area contributed by atoms with Gasteiger partial charge in [0.2, 0.25) is 24.2 Å². The first-order valence-electron chi connectivity index (χ1n) is 28.5. The maximum absolute atomic E-state index is 11.7. The summed E-state index contributed by atoms with van der Waals surface area (Å²) in [7, 11) is 0. The number of nitrogens with two attached hydrogens (primary N) is 2. The highest BCUT2D eigenvalue weighted by Crippen LogP contribution is 2.25. The molecule has 6 aromatic heterocycles. The Labute approximate surface area is 487 Å². The maximum atomic E-state index is 11.7. The Kier molecular flexibility index (Phi) is 24.9. The second kappa shape index (κ2) is 33.8. The van der Waals surface area contributed by atoms with Gasteiger partial charge in [-0.15, -0.1) is 0 Å². The molecule has 8 aromatic rings. The molecule has 2 saturated carbocycles. The Bertz CT molecular complexity index is 3330. The summed E-state index contributed by atoms with van der Waals surface area (Å²) in [5.41, 5.74) is 19.9. The van der Waals surface area contributed by atoms with Crippen molar-refractivity contribution in [3.05, 3.63) is 163 Å². The summed E-state index contributed by atoms with van der Waals surface area (Å²) in [4.78, 5) is 60.7. The van der Waals surface area contributed by atoms with Crippen molar-refractivity contribution in [1.29, 1.82) is 0 Å². The van der Waals surface area contributed by atoms with Gasteiger partial charge in [-0.25, -0.2) is 24.9 Å². The SMILES string of the molecule is C1CCCCC1.C1CCCCC1.CC(C)C(=O)Nc1cnc(C#Cc2ccc(Nc3ncc(-c4ccccn4)c(N)n3)cc2)cn1.CC1CCCN1.Nc1nc(Nc2ccc(C#Cc3cc(NC=O)ccn3)cc2)ncc1-c1ccccn1. The maximum Gasteiger partial charge on any atom is 0.229 e. The van der Waals surface area contributed by atoms with Gasteiger partial charge in [-0.3, -0.25) is 19.6 Å². The third kappa shape index (κ3) is 21.7. The van der Waals surface area contributed by atoms with E-state index in [2.05, 4.69) is 102 Å². The quantitative estimate of drug-likeness (QED) is 0.0496. The van der Waals surface area contributed by atoms with Crippen molar-refractivity contribution in [2.75, 3.05) is 39.3 Å². The van der Waals surface area contributed by atoms with Crippen LogP contribution in [0.15, 0.2) is 140 Å². The van der Waals surface area contributed by atoms with E-state index in [1.54, 1.807) is 43.1 Å². The van der Waals surface area contributed by atoms with E-state index in [-0.39, 0.29) is 11.8 Å². The van der Waals surface area contributed by atoms with E-state index in [9.17, 15) is 9.59 Å². The smallest absolute Gasteiger partial charge is 0.229 e. The summed E-state index contributed by atoms with van der Waals surface area (Å²) in [6.45, 7) is 7.09. The van der Waals surface area contributed by atoms with Crippen molar-refractivity contribution in [2.24, 2.45) is 5.92 Å². The molecule has 0 radical (unpaired) electrons. The van der Waals surface area contributed by atoms with Crippen LogP contribution in [0.25, 0.3) is 22.5 Å². The monoisotopic (exact) mass is 1110 g/mol. The number of nitrogens with one attached hydrogen (secondary N) is 5. The molecule has 18 nitrogen and oxygen atoms in total. The second-order valence-corrected chi connectivity index (χ2v) is 20.2. The number of hydrogen-bond acceptors (Lipinski definition) is 16. The van der Waals surface area contributed by atoms with E-state index in [1.165, 1.54) is 109 Å². The normalized spacial score (nSPS) is 13.9. The van der Waals surface area contributed by atoms with Gasteiger partial charge in [0.1, 0.15) is 23.0 Å². The molecule has 1 aliphatic heterocycles. The Morgan fingerprint density at radius 3 is 1.45 bits per heavy atom. The van der Waals surface area contributed by atoms with Gasteiger partial charge in [-0.05, 0) is 123 Å². The molecule has 1 atom stereocenters. The molecule has 1 saturated heterocycles. The van der Waals surface area contributed by atoms with Crippen LogP contribution in [0.1, 0.15) is 133 Å². The van der Waals surface area contributed by atoms with Gasteiger partial charge in [-0.1, -0.05) is 115 Å². The Balaban J connectivity index is 0.000000183. The predicted molar refractivity (Wildman–Crippen MR) is 332 cm³/mol. The predicted octanol–water partition coefficient (Wildman–Crippen LogP) is 12.3. The summed E-state index contributed by atoms with van der Waals surface area (Å²) in [5, 5.41) is 14.8. The van der Waals surface area contributed by atoms with Gasteiger partial charge in [0, 0.05) is 71.1 Å². The number of anilines is 8. The van der Waals surface area contributed by atoms with E-state index in [0.717, 1.165) is 34.2 Å². The number of nitrogens with zero attached hydrogens (tertiary/aromatic N) is 9. The molecule has 3 aliphatic rings. The van der Waals surface area contributed by atoms with Gasteiger partial charge < -0.3 is 38.1 Å². The fraction of sp³-hybridized carbons (Fsp3) is 0.308. The van der Waals surface area contributed by atoms with Crippen molar-refractivity contribution in [1.82, 2.24) is 50.2 Å². The van der Waals surface area contributed by atoms with Crippen LogP contribution >= 0.6 is 0 Å². The molecule has 2 amide bonds. The zero-order valence-electron chi connectivity index (χ0n) is 47.6. The highest BCUT2D eigenvalue weighted by molar-refractivity contribution is 5.91. The number of hydrogen-bond donors (Lipinski definition) is 7. The molecular formula is C65H74N16O2. The molecule has 83 heavy (non-hydrogen) atoms. The molecule has 9 N–H and O–H groups in total. The van der Waals surface area contributed by atoms with Gasteiger partial charge >= 0.3 is 0 Å². The minimum Gasteiger partial charge on any atom is -0.383 e. The summed E-state index contributed by atoms with van der Waals surface area (Å²) < 4.78 is 0. The third-order valence-corrected chi connectivity index (χ3v) is 13.2. The standard InChI is InChI=1S/C25H22N8O.C23H17N7O.2C6H12.C5H11N/c1-16(2)24(34)32-22-15-28-19(13-29-22)11-8-17-6-9-18(10-7-17)31-25-30-14-20(23(26)33-25)21-5-3-4-12-27-21;24-22-20(21-3-1-2-11-26-21)14-27-23(30-22)29-17-7-4-16(5-8-17)6-9-18-13-19(28-15-31)10-12-25-18;2*1-2-4-6-5-3-1;1-5-3-2-4-6-5/h3-7,9-10,12-16H,1-2H3,(H,29,32,34)(H3,26,30,31,33);1-5,7-8,10-15H,(H,25,28,31)(H3,24,27,29,30);2*1-6H2;5-6H,2-4H2,1H3. The number of pyridine rings is 3. The largest absolute Gasteiger partial charge is 0.383 e. The average molecular weight is 1110 g/mol. The van der Waals surface area contributed by atoms with Crippen molar-refractivity contribution in [2.45, 2.75) is 117 Å². The molecule has 426 valence electrons. The first-order chi connectivity index (χ1) is 40.6. The molecule has 7 heterocycles. The molecule has 11 rings (SSSR count). The van der Waals surface area contributed by atoms with E-state index in [4.69, 9.17) is 11.5 Å². The lowest BCUT2D eigenvalue weighted by Gasteiger charge is -2.08. The lowest BCUT2D eigenvalue weighted by Crippen LogP contribution is -2.18. The zero-order valence-corrected chi connectivity index (χ0v) is 47.6. The molecule has 0 bridgehead atoms. The van der Waals surface area contributed by atoms with E-state index in [0.29, 0.717) is 69.7 Å². The van der Waals surface area contributed by atoms with Crippen molar-refractivity contribution >= 4 is 58.7 Å². The topological polar surface area (TPSA) is 262 Å². The molecule has 2 aromatic carbocycles. The van der Waals surface area contributed by atoms with E-state index < -0.39 is 0 Å². The van der Waals surface area contributed by atoms with Gasteiger partial charge in [0.05, 0.1) is 34.9 Å². The number of amides is 2. The first kappa shape index (κ1) is 61.0. The van der Waals surface area contributed by atoms with E-state index in [1.807, 2.05) is 98.8 Å². The van der Waals surface area contributed by atoms with Crippen LogP contribution in [0, 0.1) is 29.6 Å². The van der Waals surface area contributed by atoms with Crippen molar-refractivity contribution < 1.29 is 9.59 Å². The lowest BCUT2D eigenvalue weighted by molar-refractivity contribution is -0.119. The van der Waals surface area contributed by atoms with Crippen molar-refractivity contribution in [3.63, 3.8) is 0 Å². The summed E-state index contributed by atoms with van der Waals surface area (Å²) in [6.07, 6.45) is 32.6. The molecular weight excluding hydrogens is 1040 g/mol. The minimum absolute atomic E-state index is 0.112. The van der Waals surface area contributed by atoms with Gasteiger partial charge in [-0.2, -0.15) is 9.97 Å². The molecule has 3 fully saturated rings. The fourth-order valence-corrected chi connectivity index (χ4v) is 8.52. The number of aromatic nitrogens is 9. The summed E-state index contributed by atoms with van der Waals surface area (Å²) in [5.74, 6) is 13.6. The summed E-state index contributed by atoms with van der Waals surface area (Å²) >= 11 is 0. The second-order valence-electron chi connectivity index (χ2n) is 20.2. The Morgan fingerprint density at radius 2 is 1.06 bits per heavy atom. The van der Waals surface area contributed by atoms with E-state index >= 15 is 0 Å². The van der Waals surface area contributed by atoms with Crippen LogP contribution in [0.4, 0.5) is 46.4 Å².